The number of morpholine rings is 1. The van der Waals surface area contributed by atoms with Crippen molar-refractivity contribution in [2.45, 2.75) is 63.5 Å². The molecular weight excluding hydrogens is 324 g/mol. The second-order valence-corrected chi connectivity index (χ2v) is 8.09. The van der Waals surface area contributed by atoms with Crippen molar-refractivity contribution < 1.29 is 9.84 Å². The van der Waals surface area contributed by atoms with Gasteiger partial charge in [-0.2, -0.15) is 0 Å². The fourth-order valence-corrected chi connectivity index (χ4v) is 4.89. The van der Waals surface area contributed by atoms with E-state index >= 15 is 0 Å². The summed E-state index contributed by atoms with van der Waals surface area (Å²) in [5.41, 5.74) is 1.35. The van der Waals surface area contributed by atoms with E-state index in [1.54, 1.807) is 6.07 Å². The molecule has 1 aromatic rings. The predicted octanol–water partition coefficient (Wildman–Crippen LogP) is 3.98. The number of phenolic OH excluding ortho intramolecular Hbond substituents is 1. The lowest BCUT2D eigenvalue weighted by Gasteiger charge is -2.49. The molecule has 1 heterocycles. The average molecular weight is 361 g/mol. The van der Waals surface area contributed by atoms with Crippen LogP contribution in [0.15, 0.2) is 24.3 Å². The first-order valence-corrected chi connectivity index (χ1v) is 10.5. The summed E-state index contributed by atoms with van der Waals surface area (Å²) in [5, 5.41) is 10.1. The molecule has 1 saturated heterocycles. The molecule has 1 aliphatic heterocycles. The van der Waals surface area contributed by atoms with Gasteiger partial charge >= 0.3 is 0 Å². The highest BCUT2D eigenvalue weighted by atomic mass is 16.5. The third-order valence-corrected chi connectivity index (χ3v) is 6.56. The normalized spacial score (nSPS) is 27.7. The molecule has 3 rings (SSSR count). The fraction of sp³-hybridized carbons (Fsp3) is 0.727. The molecule has 0 spiro atoms. The molecule has 0 radical (unpaired) electrons. The molecule has 1 saturated carbocycles. The zero-order valence-electron chi connectivity index (χ0n) is 16.6. The largest absolute Gasteiger partial charge is 0.508 e. The zero-order chi connectivity index (χ0) is 18.4. The van der Waals surface area contributed by atoms with Crippen LogP contribution in [-0.2, 0) is 10.3 Å². The van der Waals surface area contributed by atoms with Gasteiger partial charge in [-0.25, -0.2) is 0 Å². The minimum absolute atomic E-state index is 0.0648. The van der Waals surface area contributed by atoms with Gasteiger partial charge in [0.2, 0.25) is 0 Å². The number of aromatic hydroxyl groups is 1. The lowest BCUT2D eigenvalue weighted by atomic mass is 9.73. The summed E-state index contributed by atoms with van der Waals surface area (Å²) in [5.74, 6) is 0.388. The highest BCUT2D eigenvalue weighted by Crippen LogP contribution is 2.43. The number of hydrogen-bond donors (Lipinski definition) is 1. The van der Waals surface area contributed by atoms with Crippen molar-refractivity contribution >= 4 is 0 Å². The van der Waals surface area contributed by atoms with Crippen LogP contribution in [0.5, 0.6) is 5.75 Å². The summed E-state index contributed by atoms with van der Waals surface area (Å²) >= 11 is 0. The zero-order valence-corrected chi connectivity index (χ0v) is 16.6. The van der Waals surface area contributed by atoms with E-state index in [-0.39, 0.29) is 5.54 Å². The molecule has 4 heteroatoms. The summed E-state index contributed by atoms with van der Waals surface area (Å²) in [7, 11) is 2.29. The second kappa shape index (κ2) is 9.20. The molecule has 2 fully saturated rings. The Kier molecular flexibility index (Phi) is 6.96. The van der Waals surface area contributed by atoms with Crippen molar-refractivity contribution in [3.63, 3.8) is 0 Å². The fourth-order valence-electron chi connectivity index (χ4n) is 4.89. The average Bonchev–Trinajstić information content (AvgIpc) is 2.69. The Hall–Kier alpha value is -1.10. The predicted molar refractivity (Wildman–Crippen MR) is 107 cm³/mol. The summed E-state index contributed by atoms with van der Waals surface area (Å²) in [6.45, 7) is 7.31. The van der Waals surface area contributed by atoms with Crippen molar-refractivity contribution in [3.05, 3.63) is 29.8 Å². The van der Waals surface area contributed by atoms with Crippen LogP contribution in [0.2, 0.25) is 0 Å². The first-order chi connectivity index (χ1) is 12.7. The van der Waals surface area contributed by atoms with E-state index in [0.717, 1.165) is 32.8 Å². The molecular formula is C22H36N2O2. The van der Waals surface area contributed by atoms with E-state index < -0.39 is 0 Å². The lowest BCUT2D eigenvalue weighted by molar-refractivity contribution is -0.0157. The Morgan fingerprint density at radius 3 is 2.58 bits per heavy atom. The van der Waals surface area contributed by atoms with Gasteiger partial charge in [-0.3, -0.25) is 9.80 Å². The molecule has 1 aliphatic carbocycles. The van der Waals surface area contributed by atoms with Gasteiger partial charge in [-0.05, 0) is 63.4 Å². The Balaban J connectivity index is 1.74. The van der Waals surface area contributed by atoms with Gasteiger partial charge in [0.05, 0.1) is 13.2 Å². The molecule has 2 aliphatic rings. The van der Waals surface area contributed by atoms with Crippen LogP contribution in [0.25, 0.3) is 0 Å². The van der Waals surface area contributed by atoms with E-state index in [0.29, 0.717) is 11.8 Å². The molecule has 1 N–H and O–H groups in total. The SMILES string of the molecule is CCCCCN(C)C1(c2cccc(O)c2)CCC(N2CCOCC2)CC1. The second-order valence-electron chi connectivity index (χ2n) is 8.09. The van der Waals surface area contributed by atoms with Crippen LogP contribution in [0, 0.1) is 0 Å². The van der Waals surface area contributed by atoms with Crippen LogP contribution < -0.4 is 0 Å². The minimum Gasteiger partial charge on any atom is -0.508 e. The minimum atomic E-state index is 0.0648. The molecule has 0 atom stereocenters. The number of hydrogen-bond acceptors (Lipinski definition) is 4. The molecule has 0 unspecified atom stereocenters. The van der Waals surface area contributed by atoms with Gasteiger partial charge in [0.15, 0.2) is 0 Å². The quantitative estimate of drug-likeness (QED) is 0.746. The third-order valence-electron chi connectivity index (χ3n) is 6.56. The van der Waals surface area contributed by atoms with E-state index in [2.05, 4.69) is 29.8 Å². The van der Waals surface area contributed by atoms with Crippen LogP contribution in [0.3, 0.4) is 0 Å². The van der Waals surface area contributed by atoms with Gasteiger partial charge in [0.1, 0.15) is 5.75 Å². The van der Waals surface area contributed by atoms with Crippen LogP contribution in [0.4, 0.5) is 0 Å². The number of phenols is 1. The monoisotopic (exact) mass is 360 g/mol. The summed E-state index contributed by atoms with van der Waals surface area (Å²) < 4.78 is 5.53. The Morgan fingerprint density at radius 2 is 1.92 bits per heavy atom. The molecule has 26 heavy (non-hydrogen) atoms. The Bertz CT molecular complexity index is 549. The Morgan fingerprint density at radius 1 is 1.19 bits per heavy atom. The molecule has 0 amide bonds. The summed E-state index contributed by atoms with van der Waals surface area (Å²) in [6.07, 6.45) is 8.59. The summed E-state index contributed by atoms with van der Waals surface area (Å²) in [4.78, 5) is 5.21. The standard InChI is InChI=1S/C22H36N2O2/c1-3-4-5-13-23(2)22(19-7-6-8-21(25)18-19)11-9-20(10-12-22)24-14-16-26-17-15-24/h6-8,18,20,25H,3-5,9-17H2,1-2H3. The van der Waals surface area contributed by atoms with Gasteiger partial charge in [0.25, 0.3) is 0 Å². The van der Waals surface area contributed by atoms with Crippen LogP contribution in [-0.4, -0.2) is 60.8 Å². The number of rotatable bonds is 7. The van der Waals surface area contributed by atoms with E-state index in [9.17, 15) is 5.11 Å². The Labute approximate surface area is 159 Å². The van der Waals surface area contributed by atoms with Crippen molar-refractivity contribution in [3.8, 4) is 5.75 Å². The number of benzene rings is 1. The van der Waals surface area contributed by atoms with E-state index in [1.165, 1.54) is 50.5 Å². The highest BCUT2D eigenvalue weighted by molar-refractivity contribution is 5.33. The first-order valence-electron chi connectivity index (χ1n) is 10.5. The van der Waals surface area contributed by atoms with E-state index in [1.807, 2.05) is 12.1 Å². The molecule has 0 aromatic heterocycles. The topological polar surface area (TPSA) is 35.9 Å². The summed E-state index contributed by atoms with van der Waals surface area (Å²) in [6, 6.07) is 8.68. The maximum absolute atomic E-state index is 10.1. The molecule has 146 valence electrons. The number of nitrogens with zero attached hydrogens (tertiary/aromatic N) is 2. The maximum atomic E-state index is 10.1. The first kappa shape index (κ1) is 19.7. The van der Waals surface area contributed by atoms with Gasteiger partial charge in [0, 0.05) is 24.7 Å². The molecule has 4 nitrogen and oxygen atoms in total. The highest BCUT2D eigenvalue weighted by Gasteiger charge is 2.41. The van der Waals surface area contributed by atoms with Gasteiger partial charge < -0.3 is 9.84 Å². The van der Waals surface area contributed by atoms with Crippen molar-refractivity contribution in [2.24, 2.45) is 0 Å². The molecule has 0 bridgehead atoms. The smallest absolute Gasteiger partial charge is 0.115 e. The lowest BCUT2D eigenvalue weighted by Crippen LogP contribution is -2.52. The van der Waals surface area contributed by atoms with E-state index in [4.69, 9.17) is 4.74 Å². The third kappa shape index (κ3) is 4.41. The number of unbranched alkanes of at least 4 members (excludes halogenated alkanes) is 2. The van der Waals surface area contributed by atoms with Crippen LogP contribution >= 0.6 is 0 Å². The van der Waals surface area contributed by atoms with Crippen LogP contribution in [0.1, 0.15) is 57.4 Å². The van der Waals surface area contributed by atoms with Crippen molar-refractivity contribution in [1.82, 2.24) is 9.80 Å². The van der Waals surface area contributed by atoms with Gasteiger partial charge in [-0.15, -0.1) is 0 Å². The van der Waals surface area contributed by atoms with Crippen molar-refractivity contribution in [2.75, 3.05) is 39.9 Å². The maximum Gasteiger partial charge on any atom is 0.115 e. The van der Waals surface area contributed by atoms with Gasteiger partial charge in [-0.1, -0.05) is 31.9 Å². The molecule has 1 aromatic carbocycles. The van der Waals surface area contributed by atoms with Crippen molar-refractivity contribution in [1.29, 1.82) is 0 Å². The number of ether oxygens (including phenoxy) is 1.